The predicted octanol–water partition coefficient (Wildman–Crippen LogP) is 1.66. The first-order valence-electron chi connectivity index (χ1n) is 6.27. The first-order chi connectivity index (χ1) is 8.54. The molecule has 0 atom stereocenters. The van der Waals surface area contributed by atoms with E-state index >= 15 is 0 Å². The molecule has 1 aliphatic heterocycles. The van der Waals surface area contributed by atoms with Gasteiger partial charge in [-0.15, -0.1) is 0 Å². The van der Waals surface area contributed by atoms with Gasteiger partial charge < -0.3 is 10.3 Å². The van der Waals surface area contributed by atoms with Crippen molar-refractivity contribution >= 4 is 23.4 Å². The van der Waals surface area contributed by atoms with E-state index in [1.165, 1.54) is 0 Å². The molecule has 1 fully saturated rings. The lowest BCUT2D eigenvalue weighted by atomic mass is 10.2. The molecule has 2 rings (SSSR count). The molecule has 5 nitrogen and oxygen atoms in total. The van der Waals surface area contributed by atoms with Crippen molar-refractivity contribution in [3.05, 3.63) is 11.9 Å². The van der Waals surface area contributed by atoms with Gasteiger partial charge in [0.15, 0.2) is 0 Å². The smallest absolute Gasteiger partial charge is 0.145 e. The van der Waals surface area contributed by atoms with Crippen LogP contribution < -0.4 is 16.2 Å². The van der Waals surface area contributed by atoms with Gasteiger partial charge in [-0.05, 0) is 13.8 Å². The highest BCUT2D eigenvalue weighted by molar-refractivity contribution is 8.00. The highest BCUT2D eigenvalue weighted by atomic mass is 32.2. The van der Waals surface area contributed by atoms with Crippen LogP contribution in [0.25, 0.3) is 0 Å². The van der Waals surface area contributed by atoms with Gasteiger partial charge in [-0.3, -0.25) is 0 Å². The van der Waals surface area contributed by atoms with E-state index < -0.39 is 0 Å². The molecule has 1 aromatic rings. The maximum Gasteiger partial charge on any atom is 0.145 e. The van der Waals surface area contributed by atoms with E-state index in [1.54, 1.807) is 0 Å². The molecule has 1 aliphatic rings. The van der Waals surface area contributed by atoms with Gasteiger partial charge in [0.2, 0.25) is 0 Å². The topological polar surface area (TPSA) is 67.1 Å². The van der Waals surface area contributed by atoms with Crippen LogP contribution in [-0.4, -0.2) is 33.6 Å². The van der Waals surface area contributed by atoms with Crippen molar-refractivity contribution in [2.45, 2.75) is 31.9 Å². The molecular formula is C12H21N5S. The van der Waals surface area contributed by atoms with Crippen LogP contribution in [0.2, 0.25) is 0 Å². The van der Waals surface area contributed by atoms with E-state index in [9.17, 15) is 0 Å². The standard InChI is InChI=1S/C12H21N5S/c1-4-9-14-10(16-13)7-11(15-9)17-5-6-18-12(2,3)8-17/h7H,4-6,8,13H2,1-3H3,(H,14,15,16). The number of hydrogen-bond acceptors (Lipinski definition) is 6. The molecule has 1 saturated heterocycles. The predicted molar refractivity (Wildman–Crippen MR) is 78.0 cm³/mol. The molecule has 0 aliphatic carbocycles. The minimum absolute atomic E-state index is 0.270. The molecule has 0 amide bonds. The summed E-state index contributed by atoms with van der Waals surface area (Å²) in [7, 11) is 0. The third-order valence-corrected chi connectivity index (χ3v) is 4.27. The van der Waals surface area contributed by atoms with Crippen molar-refractivity contribution in [1.82, 2.24) is 9.97 Å². The Hall–Kier alpha value is -1.01. The molecule has 0 aromatic carbocycles. The fraction of sp³-hybridized carbons (Fsp3) is 0.667. The van der Waals surface area contributed by atoms with Gasteiger partial charge in [0.1, 0.15) is 17.5 Å². The number of aryl methyl sites for hydroxylation is 1. The number of hydrogen-bond donors (Lipinski definition) is 2. The fourth-order valence-electron chi connectivity index (χ4n) is 2.09. The van der Waals surface area contributed by atoms with Crippen molar-refractivity contribution in [2.75, 3.05) is 29.2 Å². The van der Waals surface area contributed by atoms with Crippen LogP contribution in [-0.2, 0) is 6.42 Å². The van der Waals surface area contributed by atoms with Gasteiger partial charge >= 0.3 is 0 Å². The summed E-state index contributed by atoms with van der Waals surface area (Å²) < 4.78 is 0.270. The van der Waals surface area contributed by atoms with Gasteiger partial charge in [0.05, 0.1) is 0 Å². The Bertz CT molecular complexity index is 399. The van der Waals surface area contributed by atoms with Gasteiger partial charge in [-0.1, -0.05) is 6.92 Å². The maximum absolute atomic E-state index is 5.46. The lowest BCUT2D eigenvalue weighted by molar-refractivity contribution is 0.640. The summed E-state index contributed by atoms with van der Waals surface area (Å²) in [5, 5.41) is 0. The monoisotopic (exact) mass is 267 g/mol. The van der Waals surface area contributed by atoms with Crippen LogP contribution in [0.1, 0.15) is 26.6 Å². The van der Waals surface area contributed by atoms with Crippen molar-refractivity contribution in [3.8, 4) is 0 Å². The van der Waals surface area contributed by atoms with Gasteiger partial charge in [0.25, 0.3) is 0 Å². The number of anilines is 2. The third-order valence-electron chi connectivity index (χ3n) is 2.97. The van der Waals surface area contributed by atoms with Gasteiger partial charge in [0, 0.05) is 36.1 Å². The van der Waals surface area contributed by atoms with Crippen molar-refractivity contribution in [3.63, 3.8) is 0 Å². The summed E-state index contributed by atoms with van der Waals surface area (Å²) in [4.78, 5) is 11.2. The number of nitrogen functional groups attached to an aromatic ring is 1. The summed E-state index contributed by atoms with van der Waals surface area (Å²) in [6.45, 7) is 8.62. The van der Waals surface area contributed by atoms with E-state index in [1.807, 2.05) is 17.8 Å². The quantitative estimate of drug-likeness (QED) is 0.641. The molecule has 2 heterocycles. The summed E-state index contributed by atoms with van der Waals surface area (Å²) in [5.41, 5.74) is 2.62. The van der Waals surface area contributed by atoms with Crippen LogP contribution in [0.5, 0.6) is 0 Å². The van der Waals surface area contributed by atoms with Crippen LogP contribution in [0, 0.1) is 0 Å². The molecule has 18 heavy (non-hydrogen) atoms. The Morgan fingerprint density at radius 2 is 2.28 bits per heavy atom. The molecular weight excluding hydrogens is 246 g/mol. The van der Waals surface area contributed by atoms with E-state index in [0.717, 1.165) is 36.9 Å². The zero-order valence-electron chi connectivity index (χ0n) is 11.2. The zero-order valence-corrected chi connectivity index (χ0v) is 12.0. The number of rotatable bonds is 3. The summed E-state index contributed by atoms with van der Waals surface area (Å²) in [5.74, 6) is 9.08. The Labute approximate surface area is 113 Å². The molecule has 100 valence electrons. The van der Waals surface area contributed by atoms with E-state index in [4.69, 9.17) is 5.84 Å². The van der Waals surface area contributed by atoms with Crippen molar-refractivity contribution < 1.29 is 0 Å². The average molecular weight is 267 g/mol. The molecule has 0 saturated carbocycles. The number of thioether (sulfide) groups is 1. The molecule has 0 unspecified atom stereocenters. The molecule has 0 bridgehead atoms. The fourth-order valence-corrected chi connectivity index (χ4v) is 3.20. The number of nitrogens with one attached hydrogen (secondary N) is 1. The van der Waals surface area contributed by atoms with Gasteiger partial charge in [-0.25, -0.2) is 15.8 Å². The number of nitrogens with zero attached hydrogens (tertiary/aromatic N) is 3. The number of nitrogens with two attached hydrogens (primary N) is 1. The van der Waals surface area contributed by atoms with Crippen LogP contribution >= 0.6 is 11.8 Å². The SMILES string of the molecule is CCc1nc(NN)cc(N2CCSC(C)(C)C2)n1. The van der Waals surface area contributed by atoms with E-state index in [0.29, 0.717) is 5.82 Å². The molecule has 6 heteroatoms. The minimum atomic E-state index is 0.270. The van der Waals surface area contributed by atoms with Crippen LogP contribution in [0.15, 0.2) is 6.07 Å². The Morgan fingerprint density at radius 3 is 2.89 bits per heavy atom. The average Bonchev–Trinajstić information content (AvgIpc) is 2.37. The largest absolute Gasteiger partial charge is 0.354 e. The van der Waals surface area contributed by atoms with Crippen molar-refractivity contribution in [1.29, 1.82) is 0 Å². The second kappa shape index (κ2) is 5.32. The molecule has 3 N–H and O–H groups in total. The second-order valence-corrected chi connectivity index (χ2v) is 6.86. The molecule has 1 aromatic heterocycles. The van der Waals surface area contributed by atoms with Gasteiger partial charge in [-0.2, -0.15) is 11.8 Å². The maximum atomic E-state index is 5.46. The Kier molecular flexibility index (Phi) is 3.97. The first-order valence-corrected chi connectivity index (χ1v) is 7.26. The summed E-state index contributed by atoms with van der Waals surface area (Å²) >= 11 is 2.01. The first kappa shape index (κ1) is 13.4. The number of aromatic nitrogens is 2. The van der Waals surface area contributed by atoms with Crippen LogP contribution in [0.3, 0.4) is 0 Å². The highest BCUT2D eigenvalue weighted by Gasteiger charge is 2.28. The second-order valence-electron chi connectivity index (χ2n) is 5.06. The van der Waals surface area contributed by atoms with Crippen molar-refractivity contribution in [2.24, 2.45) is 5.84 Å². The third kappa shape index (κ3) is 3.05. The molecule has 0 spiro atoms. The summed E-state index contributed by atoms with van der Waals surface area (Å²) in [6, 6.07) is 1.92. The molecule has 0 radical (unpaired) electrons. The highest BCUT2D eigenvalue weighted by Crippen LogP contribution is 2.31. The lowest BCUT2D eigenvalue weighted by Gasteiger charge is -2.38. The van der Waals surface area contributed by atoms with Crippen LogP contribution in [0.4, 0.5) is 11.6 Å². The Balaban J connectivity index is 2.26. The van der Waals surface area contributed by atoms with E-state index in [2.05, 4.69) is 41.1 Å². The summed E-state index contributed by atoms with van der Waals surface area (Å²) in [6.07, 6.45) is 0.814. The zero-order chi connectivity index (χ0) is 13.2. The lowest BCUT2D eigenvalue weighted by Crippen LogP contribution is -2.43. The number of hydrazine groups is 1. The minimum Gasteiger partial charge on any atom is -0.354 e. The Morgan fingerprint density at radius 1 is 1.50 bits per heavy atom. The van der Waals surface area contributed by atoms with E-state index in [-0.39, 0.29) is 4.75 Å². The normalized spacial score (nSPS) is 18.8.